The maximum atomic E-state index is 13.0. The highest BCUT2D eigenvalue weighted by molar-refractivity contribution is 5.91. The zero-order chi connectivity index (χ0) is 20.3. The number of aromatic nitrogens is 2. The Morgan fingerprint density at radius 2 is 2.11 bits per heavy atom. The van der Waals surface area contributed by atoms with E-state index in [4.69, 9.17) is 9.57 Å². The molecule has 1 fully saturated rings. The van der Waals surface area contributed by atoms with Crippen LogP contribution in [0.5, 0.6) is 0 Å². The smallest absolute Gasteiger partial charge is 0.350 e. The van der Waals surface area contributed by atoms with Gasteiger partial charge in [0.25, 0.3) is 5.91 Å². The van der Waals surface area contributed by atoms with Gasteiger partial charge in [-0.1, -0.05) is 6.07 Å². The topological polar surface area (TPSA) is 82.5 Å². The molecule has 7 nitrogen and oxygen atoms in total. The predicted molar refractivity (Wildman–Crippen MR) is 91.7 cm³/mol. The lowest BCUT2D eigenvalue weighted by molar-refractivity contribution is -0.186. The molecule has 1 aliphatic heterocycles. The maximum Gasteiger partial charge on any atom is 0.416 e. The molecule has 0 saturated carbocycles. The van der Waals surface area contributed by atoms with Crippen LogP contribution >= 0.6 is 0 Å². The molecule has 0 radical (unpaired) electrons. The number of halogens is 3. The van der Waals surface area contributed by atoms with Gasteiger partial charge in [0, 0.05) is 24.8 Å². The van der Waals surface area contributed by atoms with Crippen LogP contribution in [0.1, 0.15) is 41.0 Å². The van der Waals surface area contributed by atoms with Crippen LogP contribution in [0, 0.1) is 6.92 Å². The second-order valence-electron chi connectivity index (χ2n) is 6.30. The van der Waals surface area contributed by atoms with Crippen molar-refractivity contribution in [1.29, 1.82) is 0 Å². The van der Waals surface area contributed by atoms with E-state index in [9.17, 15) is 22.8 Å². The number of aryl methyl sites for hydroxylation is 1. The molecular formula is C18H18F3N3O4. The van der Waals surface area contributed by atoms with E-state index in [1.54, 1.807) is 0 Å². The van der Waals surface area contributed by atoms with Crippen LogP contribution < -0.4 is 10.9 Å². The van der Waals surface area contributed by atoms with Crippen molar-refractivity contribution < 1.29 is 27.5 Å². The summed E-state index contributed by atoms with van der Waals surface area (Å²) in [5, 5.41) is 3.93. The largest absolute Gasteiger partial charge is 0.416 e. The first kappa shape index (κ1) is 20.0. The summed E-state index contributed by atoms with van der Waals surface area (Å²) in [4.78, 5) is 29.6. The van der Waals surface area contributed by atoms with Crippen molar-refractivity contribution in [2.45, 2.75) is 38.7 Å². The summed E-state index contributed by atoms with van der Waals surface area (Å²) in [5.41, 5.74) is 0.424. The Labute approximate surface area is 158 Å². The molecule has 2 aromatic rings. The van der Waals surface area contributed by atoms with Crippen molar-refractivity contribution in [2.75, 3.05) is 6.61 Å². The van der Waals surface area contributed by atoms with Crippen LogP contribution in [0.3, 0.4) is 0 Å². The number of hydrogen-bond donors (Lipinski definition) is 1. The van der Waals surface area contributed by atoms with E-state index in [-0.39, 0.29) is 11.4 Å². The quantitative estimate of drug-likeness (QED) is 0.803. The highest BCUT2D eigenvalue weighted by Gasteiger charge is 2.30. The van der Waals surface area contributed by atoms with Gasteiger partial charge in [-0.25, -0.2) is 15.0 Å². The molecule has 10 heteroatoms. The minimum Gasteiger partial charge on any atom is -0.350 e. The van der Waals surface area contributed by atoms with Crippen LogP contribution in [0.4, 0.5) is 13.2 Å². The molecule has 1 aromatic heterocycles. The lowest BCUT2D eigenvalue weighted by Gasteiger charge is -2.22. The van der Waals surface area contributed by atoms with Gasteiger partial charge >= 0.3 is 6.18 Å². The van der Waals surface area contributed by atoms with E-state index < -0.39 is 35.1 Å². The fourth-order valence-corrected chi connectivity index (χ4v) is 2.75. The third kappa shape index (κ3) is 4.57. The van der Waals surface area contributed by atoms with Crippen LogP contribution in [-0.4, -0.2) is 28.6 Å². The number of amides is 1. The summed E-state index contributed by atoms with van der Waals surface area (Å²) in [5.74, 6) is -0.903. The number of carbonyl (C=O) groups excluding carboxylic acids is 1. The SMILES string of the molecule is Cc1cc(=O)c(C(=O)NOC2CCCCO2)nn1-c1cccc(C(F)(F)F)c1. The highest BCUT2D eigenvalue weighted by Crippen LogP contribution is 2.30. The number of nitrogens with one attached hydrogen (secondary N) is 1. The fraction of sp³-hybridized carbons (Fsp3) is 0.389. The molecule has 1 saturated heterocycles. The van der Waals surface area contributed by atoms with Gasteiger partial charge in [-0.15, -0.1) is 0 Å². The molecule has 28 heavy (non-hydrogen) atoms. The first-order valence-corrected chi connectivity index (χ1v) is 8.62. The summed E-state index contributed by atoms with van der Waals surface area (Å²) in [6.45, 7) is 2.01. The fourth-order valence-electron chi connectivity index (χ4n) is 2.75. The van der Waals surface area contributed by atoms with Crippen molar-refractivity contribution >= 4 is 5.91 Å². The molecule has 0 spiro atoms. The zero-order valence-corrected chi connectivity index (χ0v) is 15.0. The lowest BCUT2D eigenvalue weighted by Crippen LogP contribution is -2.36. The molecule has 1 unspecified atom stereocenters. The number of rotatable bonds is 4. The number of hydrogen-bond acceptors (Lipinski definition) is 5. The first-order valence-electron chi connectivity index (χ1n) is 8.62. The molecule has 1 amide bonds. The Kier molecular flexibility index (Phi) is 5.80. The van der Waals surface area contributed by atoms with Gasteiger partial charge in [-0.05, 0) is 38.0 Å². The molecule has 2 heterocycles. The zero-order valence-electron chi connectivity index (χ0n) is 15.0. The molecule has 1 atom stereocenters. The molecule has 1 aromatic carbocycles. The second kappa shape index (κ2) is 8.11. The Morgan fingerprint density at radius 1 is 1.32 bits per heavy atom. The Morgan fingerprint density at radius 3 is 2.79 bits per heavy atom. The summed E-state index contributed by atoms with van der Waals surface area (Å²) in [6, 6.07) is 5.55. The van der Waals surface area contributed by atoms with E-state index >= 15 is 0 Å². The number of carbonyl (C=O) groups is 1. The van der Waals surface area contributed by atoms with Crippen LogP contribution in [0.25, 0.3) is 5.69 Å². The minimum atomic E-state index is -4.53. The van der Waals surface area contributed by atoms with E-state index in [0.717, 1.165) is 35.7 Å². The van der Waals surface area contributed by atoms with Crippen molar-refractivity contribution in [3.8, 4) is 5.69 Å². The standard InChI is InChI=1S/C18H18F3N3O4/c1-11-9-14(25)16(17(26)23-28-15-7-2-3-8-27-15)22-24(11)13-6-4-5-12(10-13)18(19,20)21/h4-6,9-10,15H,2-3,7-8H2,1H3,(H,23,26). The number of hydroxylamine groups is 1. The summed E-state index contributed by atoms with van der Waals surface area (Å²) in [6.07, 6.45) is -2.78. The van der Waals surface area contributed by atoms with Gasteiger partial charge in [-0.3, -0.25) is 9.59 Å². The first-order chi connectivity index (χ1) is 13.3. The van der Waals surface area contributed by atoms with Crippen molar-refractivity contribution in [3.63, 3.8) is 0 Å². The molecule has 0 bridgehead atoms. The molecule has 0 aliphatic carbocycles. The molecule has 3 rings (SSSR count). The molecule has 150 valence electrons. The average Bonchev–Trinajstić information content (AvgIpc) is 2.66. The second-order valence-corrected chi connectivity index (χ2v) is 6.30. The van der Waals surface area contributed by atoms with Crippen molar-refractivity contribution in [3.05, 3.63) is 57.5 Å². The van der Waals surface area contributed by atoms with Gasteiger partial charge in [0.1, 0.15) is 0 Å². The van der Waals surface area contributed by atoms with Gasteiger partial charge in [0.15, 0.2) is 12.0 Å². The summed E-state index contributed by atoms with van der Waals surface area (Å²) < 4.78 is 45.3. The third-order valence-corrected chi connectivity index (χ3v) is 4.16. The Balaban J connectivity index is 1.86. The number of nitrogens with zero attached hydrogens (tertiary/aromatic N) is 2. The number of benzene rings is 1. The van der Waals surface area contributed by atoms with E-state index in [1.807, 2.05) is 0 Å². The van der Waals surface area contributed by atoms with E-state index in [2.05, 4.69) is 10.6 Å². The van der Waals surface area contributed by atoms with E-state index in [0.29, 0.717) is 13.0 Å². The Hall–Kier alpha value is -2.72. The van der Waals surface area contributed by atoms with Gasteiger partial charge in [-0.2, -0.15) is 18.3 Å². The monoisotopic (exact) mass is 397 g/mol. The van der Waals surface area contributed by atoms with Gasteiger partial charge in [0.05, 0.1) is 11.3 Å². The average molecular weight is 397 g/mol. The van der Waals surface area contributed by atoms with Crippen molar-refractivity contribution in [2.24, 2.45) is 0 Å². The Bertz CT molecular complexity index is 921. The maximum absolute atomic E-state index is 13.0. The number of ether oxygens (including phenoxy) is 1. The van der Waals surface area contributed by atoms with Crippen molar-refractivity contribution in [1.82, 2.24) is 15.3 Å². The van der Waals surface area contributed by atoms with Crippen LogP contribution in [0.2, 0.25) is 0 Å². The van der Waals surface area contributed by atoms with Crippen LogP contribution in [-0.2, 0) is 15.8 Å². The normalized spacial score (nSPS) is 17.4. The molecular weight excluding hydrogens is 379 g/mol. The summed E-state index contributed by atoms with van der Waals surface area (Å²) >= 11 is 0. The third-order valence-electron chi connectivity index (χ3n) is 4.16. The summed E-state index contributed by atoms with van der Waals surface area (Å²) in [7, 11) is 0. The minimum absolute atomic E-state index is 0.0675. The number of alkyl halides is 3. The van der Waals surface area contributed by atoms with Crippen LogP contribution in [0.15, 0.2) is 35.1 Å². The van der Waals surface area contributed by atoms with Gasteiger partial charge < -0.3 is 4.74 Å². The highest BCUT2D eigenvalue weighted by atomic mass is 19.4. The predicted octanol–water partition coefficient (Wildman–Crippen LogP) is 2.75. The molecule has 1 N–H and O–H groups in total. The van der Waals surface area contributed by atoms with Gasteiger partial charge in [0.2, 0.25) is 5.43 Å². The van der Waals surface area contributed by atoms with E-state index in [1.165, 1.54) is 19.1 Å². The lowest BCUT2D eigenvalue weighted by atomic mass is 10.2. The molecule has 1 aliphatic rings.